The molecule has 0 N–H and O–H groups in total. The average Bonchev–Trinajstić information content (AvgIpc) is 1.88. The van der Waals surface area contributed by atoms with Crippen molar-refractivity contribution in [1.82, 2.24) is 0 Å². The van der Waals surface area contributed by atoms with Gasteiger partial charge < -0.3 is 9.47 Å². The molecule has 0 aliphatic heterocycles. The Morgan fingerprint density at radius 1 is 1.60 bits per heavy atom. The first-order valence-electron chi connectivity index (χ1n) is 3.09. The van der Waals surface area contributed by atoms with Crippen LogP contribution in [-0.4, -0.2) is 19.7 Å². The van der Waals surface area contributed by atoms with Crippen molar-refractivity contribution in [2.24, 2.45) is 0 Å². The number of carbonyl (C=O) groups excluding carboxylic acids is 1. The maximum Gasteiger partial charge on any atom is 0.334 e. The highest BCUT2D eigenvalue weighted by Gasteiger charge is 1.95. The Morgan fingerprint density at radius 2 is 2.20 bits per heavy atom. The Bertz CT molecular complexity index is 138. The van der Waals surface area contributed by atoms with Crippen LogP contribution in [0.4, 0.5) is 0 Å². The number of allylic oxidation sites excluding steroid dienone is 1. The third kappa shape index (κ3) is 3.95. The van der Waals surface area contributed by atoms with Gasteiger partial charge in [-0.3, -0.25) is 0 Å². The van der Waals surface area contributed by atoms with E-state index in [1.54, 1.807) is 13.8 Å². The fraction of sp³-hybridized carbons (Fsp3) is 0.571. The summed E-state index contributed by atoms with van der Waals surface area (Å²) in [4.78, 5) is 10.6. The van der Waals surface area contributed by atoms with Crippen molar-refractivity contribution in [2.45, 2.75) is 13.8 Å². The third-order valence-corrected chi connectivity index (χ3v) is 0.930. The number of ether oxygens (including phenoxy) is 2. The Kier molecular flexibility index (Phi) is 4.37. The average molecular weight is 144 g/mol. The lowest BCUT2D eigenvalue weighted by molar-refractivity contribution is -0.137. The molecular formula is C7H12O3. The molecule has 0 bridgehead atoms. The molecule has 0 saturated carbocycles. The van der Waals surface area contributed by atoms with Gasteiger partial charge in [-0.15, -0.1) is 0 Å². The van der Waals surface area contributed by atoms with Gasteiger partial charge in [-0.2, -0.15) is 0 Å². The summed E-state index contributed by atoms with van der Waals surface area (Å²) in [5, 5.41) is 0. The Hall–Kier alpha value is -0.990. The number of hydrogen-bond donors (Lipinski definition) is 0. The zero-order valence-corrected chi connectivity index (χ0v) is 6.51. The van der Waals surface area contributed by atoms with Crippen LogP contribution in [0, 0.1) is 0 Å². The van der Waals surface area contributed by atoms with Gasteiger partial charge in [0.2, 0.25) is 0 Å². The van der Waals surface area contributed by atoms with Gasteiger partial charge in [-0.05, 0) is 13.8 Å². The first kappa shape index (κ1) is 9.01. The van der Waals surface area contributed by atoms with Crippen molar-refractivity contribution < 1.29 is 14.3 Å². The minimum absolute atomic E-state index is 0.359. The fourth-order valence-electron chi connectivity index (χ4n) is 0.409. The lowest BCUT2D eigenvalue weighted by Crippen LogP contribution is -2.00. The minimum Gasteiger partial charge on any atom is -0.501 e. The fourth-order valence-corrected chi connectivity index (χ4v) is 0.409. The van der Waals surface area contributed by atoms with E-state index < -0.39 is 0 Å². The van der Waals surface area contributed by atoms with Crippen molar-refractivity contribution >= 4 is 5.97 Å². The molecule has 0 atom stereocenters. The molecule has 0 amide bonds. The van der Waals surface area contributed by atoms with Gasteiger partial charge >= 0.3 is 5.97 Å². The summed E-state index contributed by atoms with van der Waals surface area (Å²) in [6.07, 6.45) is 1.31. The van der Waals surface area contributed by atoms with E-state index in [0.717, 1.165) is 0 Å². The Balaban J connectivity index is 3.75. The largest absolute Gasteiger partial charge is 0.501 e. The third-order valence-electron chi connectivity index (χ3n) is 0.930. The summed E-state index contributed by atoms with van der Waals surface area (Å²) in [5.41, 5.74) is 0. The predicted octanol–water partition coefficient (Wildman–Crippen LogP) is 1.10. The number of carbonyl (C=O) groups is 1. The van der Waals surface area contributed by atoms with Crippen LogP contribution >= 0.6 is 0 Å². The zero-order chi connectivity index (χ0) is 7.98. The van der Waals surface area contributed by atoms with Gasteiger partial charge in [0, 0.05) is 0 Å². The number of hydrogen-bond acceptors (Lipinski definition) is 3. The van der Waals surface area contributed by atoms with Crippen LogP contribution in [-0.2, 0) is 14.3 Å². The van der Waals surface area contributed by atoms with Crippen molar-refractivity contribution in [3.8, 4) is 0 Å². The van der Waals surface area contributed by atoms with E-state index in [0.29, 0.717) is 12.4 Å². The summed E-state index contributed by atoms with van der Waals surface area (Å²) in [6, 6.07) is 0. The summed E-state index contributed by atoms with van der Waals surface area (Å²) in [7, 11) is 1.51. The highest BCUT2D eigenvalue weighted by Crippen LogP contribution is 1.92. The molecule has 0 aliphatic carbocycles. The molecule has 0 saturated heterocycles. The number of esters is 1. The summed E-state index contributed by atoms with van der Waals surface area (Å²) >= 11 is 0. The Labute approximate surface area is 60.6 Å². The van der Waals surface area contributed by atoms with Crippen LogP contribution in [0.25, 0.3) is 0 Å². The predicted molar refractivity (Wildman–Crippen MR) is 37.4 cm³/mol. The van der Waals surface area contributed by atoms with Gasteiger partial charge in [-0.25, -0.2) is 4.79 Å². The van der Waals surface area contributed by atoms with Crippen LogP contribution in [0.5, 0.6) is 0 Å². The quantitative estimate of drug-likeness (QED) is 0.338. The van der Waals surface area contributed by atoms with Gasteiger partial charge in [0.15, 0.2) is 0 Å². The summed E-state index contributed by atoms with van der Waals surface area (Å²) in [5.74, 6) is 0.195. The molecule has 0 aromatic rings. The molecule has 0 fully saturated rings. The summed E-state index contributed by atoms with van der Waals surface area (Å²) in [6.45, 7) is 3.84. The Morgan fingerprint density at radius 3 is 2.60 bits per heavy atom. The van der Waals surface area contributed by atoms with E-state index in [9.17, 15) is 4.79 Å². The molecule has 3 heteroatoms. The number of methoxy groups -OCH3 is 1. The van der Waals surface area contributed by atoms with E-state index >= 15 is 0 Å². The van der Waals surface area contributed by atoms with Crippen molar-refractivity contribution in [3.05, 3.63) is 11.8 Å². The smallest absolute Gasteiger partial charge is 0.334 e. The van der Waals surface area contributed by atoms with Gasteiger partial charge in [0.1, 0.15) is 0 Å². The van der Waals surface area contributed by atoms with Crippen LogP contribution in [0.15, 0.2) is 11.8 Å². The molecule has 0 aromatic carbocycles. The van der Waals surface area contributed by atoms with Crippen LogP contribution in [0.1, 0.15) is 13.8 Å². The molecule has 0 unspecified atom stereocenters. The molecule has 58 valence electrons. The lowest BCUT2D eigenvalue weighted by atomic mass is 10.5. The molecule has 10 heavy (non-hydrogen) atoms. The van der Waals surface area contributed by atoms with E-state index in [1.807, 2.05) is 0 Å². The van der Waals surface area contributed by atoms with Crippen molar-refractivity contribution in [1.29, 1.82) is 0 Å². The SMILES string of the molecule is CCOC(=O)/C=C(/C)OC. The lowest BCUT2D eigenvalue weighted by Gasteiger charge is -1.98. The highest BCUT2D eigenvalue weighted by atomic mass is 16.5. The normalized spacial score (nSPS) is 10.9. The van der Waals surface area contributed by atoms with Crippen molar-refractivity contribution in [2.75, 3.05) is 13.7 Å². The van der Waals surface area contributed by atoms with E-state index in [2.05, 4.69) is 4.74 Å². The monoisotopic (exact) mass is 144 g/mol. The molecule has 0 radical (unpaired) electrons. The number of rotatable bonds is 3. The highest BCUT2D eigenvalue weighted by molar-refractivity contribution is 5.82. The standard InChI is InChI=1S/C7H12O3/c1-4-10-7(8)5-6(2)9-3/h5H,4H2,1-3H3/b6-5-. The molecule has 0 rings (SSSR count). The maximum absolute atomic E-state index is 10.6. The zero-order valence-electron chi connectivity index (χ0n) is 6.51. The first-order valence-corrected chi connectivity index (χ1v) is 3.09. The van der Waals surface area contributed by atoms with E-state index in [4.69, 9.17) is 4.74 Å². The first-order chi connectivity index (χ1) is 4.70. The van der Waals surface area contributed by atoms with E-state index in [-0.39, 0.29) is 5.97 Å². The topological polar surface area (TPSA) is 35.5 Å². The van der Waals surface area contributed by atoms with Gasteiger partial charge in [0.25, 0.3) is 0 Å². The molecular weight excluding hydrogens is 132 g/mol. The molecule has 0 aromatic heterocycles. The second kappa shape index (κ2) is 4.85. The van der Waals surface area contributed by atoms with Crippen molar-refractivity contribution in [3.63, 3.8) is 0 Å². The minimum atomic E-state index is -0.359. The molecule has 0 aliphatic rings. The summed E-state index contributed by atoms with van der Waals surface area (Å²) < 4.78 is 9.35. The van der Waals surface area contributed by atoms with Crippen LogP contribution < -0.4 is 0 Å². The molecule has 3 nitrogen and oxygen atoms in total. The van der Waals surface area contributed by atoms with Crippen LogP contribution in [0.2, 0.25) is 0 Å². The second-order valence-corrected chi connectivity index (χ2v) is 1.71. The van der Waals surface area contributed by atoms with Gasteiger partial charge in [-0.1, -0.05) is 0 Å². The van der Waals surface area contributed by atoms with E-state index in [1.165, 1.54) is 13.2 Å². The molecule has 0 heterocycles. The van der Waals surface area contributed by atoms with Gasteiger partial charge in [0.05, 0.1) is 25.6 Å². The van der Waals surface area contributed by atoms with Crippen LogP contribution in [0.3, 0.4) is 0 Å². The molecule has 0 spiro atoms. The maximum atomic E-state index is 10.6. The second-order valence-electron chi connectivity index (χ2n) is 1.71.